The van der Waals surface area contributed by atoms with Crippen molar-refractivity contribution in [2.45, 2.75) is 121 Å². The lowest BCUT2D eigenvalue weighted by Crippen LogP contribution is -2.05. The summed E-state index contributed by atoms with van der Waals surface area (Å²) in [4.78, 5) is 8.07. The van der Waals surface area contributed by atoms with Crippen LogP contribution in [0.25, 0.3) is 11.0 Å². The van der Waals surface area contributed by atoms with Gasteiger partial charge < -0.3 is 4.98 Å². The summed E-state index contributed by atoms with van der Waals surface area (Å²) in [6.45, 7) is 2.25. The lowest BCUT2D eigenvalue weighted by Gasteiger charge is -2.07. The van der Waals surface area contributed by atoms with Gasteiger partial charge in [-0.2, -0.15) is 16.8 Å². The number of fused-ring (bicyclic) bond motifs is 1. The monoisotopic (exact) mass is 588 g/mol. The fourth-order valence-electron chi connectivity index (χ4n) is 4.68. The quantitative estimate of drug-likeness (QED) is 0.0803. The van der Waals surface area contributed by atoms with Crippen molar-refractivity contribution in [3.05, 3.63) is 23.5 Å². The van der Waals surface area contributed by atoms with Crippen LogP contribution >= 0.6 is 12.2 Å². The average molecular weight is 589 g/mol. The number of H-pyrrole nitrogens is 1. The van der Waals surface area contributed by atoms with Gasteiger partial charge in [0.2, 0.25) is 0 Å². The molecule has 38 heavy (non-hydrogen) atoms. The Kier molecular flexibility index (Phi) is 14.4. The Labute approximate surface area is 233 Å². The Hall–Kier alpha value is -1.40. The molecule has 2 aromatic rings. The highest BCUT2D eigenvalue weighted by molar-refractivity contribution is 7.86. The van der Waals surface area contributed by atoms with Crippen molar-refractivity contribution in [1.82, 2.24) is 9.97 Å². The first kappa shape index (κ1) is 32.8. The average Bonchev–Trinajstić information content (AvgIpc) is 3.24. The van der Waals surface area contributed by atoms with Crippen molar-refractivity contribution < 1.29 is 25.9 Å². The first-order valence-corrected chi connectivity index (χ1v) is 17.4. The summed E-state index contributed by atoms with van der Waals surface area (Å²) in [6.07, 6.45) is 18.1. The molecule has 0 atom stereocenters. The Morgan fingerprint density at radius 3 is 1.92 bits per heavy atom. The number of imidazole rings is 1. The highest BCUT2D eigenvalue weighted by Crippen LogP contribution is 2.24. The molecule has 0 radical (unpaired) electrons. The van der Waals surface area contributed by atoms with Crippen molar-refractivity contribution in [3.8, 4) is 0 Å². The number of aromatic amines is 1. The molecule has 0 amide bonds. The van der Waals surface area contributed by atoms with Crippen LogP contribution in [0.4, 0.5) is 0 Å². The molecule has 0 aliphatic carbocycles. The van der Waals surface area contributed by atoms with Crippen molar-refractivity contribution >= 4 is 48.4 Å². The van der Waals surface area contributed by atoms with Crippen molar-refractivity contribution in [2.24, 2.45) is 0 Å². The van der Waals surface area contributed by atoms with Crippen LogP contribution in [0.1, 0.15) is 115 Å². The Bertz CT molecular complexity index is 1220. The molecule has 0 spiro atoms. The molecule has 2 rings (SSSR count). The standard InChI is InChI=1S/C27H44N2O6S3/c1-2-3-4-5-6-7-8-9-10-11-12-13-14-16-23(36)19-22-20-24(38(33,34)35)21-25-27(22)29-26(28-25)17-15-18-37(30,31)32/h20-21H,2-19H2,1H3,(H,28,29)(H,30,31,32)(H,33,34,35). The molecule has 0 unspecified atom stereocenters. The second-order valence-corrected chi connectivity index (χ2v) is 13.8. The number of thiocarbonyl (C=S) groups is 1. The smallest absolute Gasteiger partial charge is 0.294 e. The minimum Gasteiger partial charge on any atom is -0.342 e. The van der Waals surface area contributed by atoms with Gasteiger partial charge in [-0.3, -0.25) is 9.11 Å². The fraction of sp³-hybridized carbons (Fsp3) is 0.704. The number of nitrogens with one attached hydrogen (secondary N) is 1. The number of hydrogen-bond acceptors (Lipinski definition) is 6. The number of aryl methyl sites for hydroxylation is 1. The van der Waals surface area contributed by atoms with Crippen molar-refractivity contribution in [1.29, 1.82) is 0 Å². The molecular formula is C27H44N2O6S3. The van der Waals surface area contributed by atoms with E-state index in [9.17, 15) is 21.4 Å². The second kappa shape index (κ2) is 16.6. The van der Waals surface area contributed by atoms with Crippen LogP contribution < -0.4 is 0 Å². The van der Waals surface area contributed by atoms with Crippen LogP contribution in [-0.2, 0) is 33.1 Å². The van der Waals surface area contributed by atoms with Gasteiger partial charge in [0.1, 0.15) is 5.82 Å². The van der Waals surface area contributed by atoms with Crippen LogP contribution in [0, 0.1) is 0 Å². The third-order valence-electron chi connectivity index (χ3n) is 6.75. The topological polar surface area (TPSA) is 137 Å². The molecular weight excluding hydrogens is 545 g/mol. The third kappa shape index (κ3) is 13.1. The number of hydrogen-bond donors (Lipinski definition) is 3. The molecule has 3 N–H and O–H groups in total. The highest BCUT2D eigenvalue weighted by Gasteiger charge is 2.17. The predicted molar refractivity (Wildman–Crippen MR) is 157 cm³/mol. The maximum atomic E-state index is 11.8. The minimum absolute atomic E-state index is 0.163. The van der Waals surface area contributed by atoms with E-state index < -0.39 is 26.0 Å². The first-order chi connectivity index (χ1) is 18.0. The number of aromatic nitrogens is 2. The van der Waals surface area contributed by atoms with E-state index in [1.165, 1.54) is 82.8 Å². The summed E-state index contributed by atoms with van der Waals surface area (Å²) < 4.78 is 64.1. The predicted octanol–water partition coefficient (Wildman–Crippen LogP) is 7.02. The maximum Gasteiger partial charge on any atom is 0.294 e. The molecule has 0 saturated heterocycles. The van der Waals surface area contributed by atoms with Crippen LogP contribution in [0.3, 0.4) is 0 Å². The number of unbranched alkanes of at least 4 members (excludes halogenated alkanes) is 12. The van der Waals surface area contributed by atoms with Crippen LogP contribution in [-0.4, -0.2) is 46.5 Å². The molecule has 216 valence electrons. The lowest BCUT2D eigenvalue weighted by molar-refractivity contribution is 0.479. The third-order valence-corrected chi connectivity index (χ3v) is 8.73. The Balaban J connectivity index is 1.80. The van der Waals surface area contributed by atoms with Gasteiger partial charge in [0, 0.05) is 12.8 Å². The normalized spacial score (nSPS) is 12.4. The summed E-state index contributed by atoms with van der Waals surface area (Å²) >= 11 is 5.60. The molecule has 1 aromatic heterocycles. The van der Waals surface area contributed by atoms with E-state index in [2.05, 4.69) is 16.9 Å². The summed E-state index contributed by atoms with van der Waals surface area (Å²) in [5, 5.41) is 0. The van der Waals surface area contributed by atoms with E-state index in [4.69, 9.17) is 16.8 Å². The van der Waals surface area contributed by atoms with Gasteiger partial charge >= 0.3 is 0 Å². The fourth-order valence-corrected chi connectivity index (χ4v) is 6.04. The number of nitrogens with zero attached hydrogens (tertiary/aromatic N) is 1. The van der Waals surface area contributed by atoms with E-state index in [1.807, 2.05) is 0 Å². The van der Waals surface area contributed by atoms with Crippen LogP contribution in [0.5, 0.6) is 0 Å². The van der Waals surface area contributed by atoms with Gasteiger partial charge in [0.25, 0.3) is 20.2 Å². The van der Waals surface area contributed by atoms with Gasteiger partial charge in [0.15, 0.2) is 0 Å². The number of rotatable bonds is 21. The number of benzene rings is 1. The molecule has 0 bridgehead atoms. The van der Waals surface area contributed by atoms with Gasteiger partial charge in [-0.05, 0) is 41.8 Å². The summed E-state index contributed by atoms with van der Waals surface area (Å²) in [7, 11) is -8.49. The van der Waals surface area contributed by atoms with Crippen LogP contribution in [0.15, 0.2) is 17.0 Å². The highest BCUT2D eigenvalue weighted by atomic mass is 32.2. The van der Waals surface area contributed by atoms with Crippen molar-refractivity contribution in [2.75, 3.05) is 5.75 Å². The Morgan fingerprint density at radius 2 is 1.39 bits per heavy atom. The zero-order chi connectivity index (χ0) is 28.0. The SMILES string of the molecule is CCCCCCCCCCCCCCCC(=S)Cc1cc(S(=O)(=O)O)cc2[nH]c(CCCS(=O)(=O)O)nc12. The van der Waals surface area contributed by atoms with Gasteiger partial charge in [-0.25, -0.2) is 4.98 Å². The van der Waals surface area contributed by atoms with Gasteiger partial charge in [0.05, 0.1) is 21.7 Å². The zero-order valence-corrected chi connectivity index (χ0v) is 25.0. The molecule has 0 aliphatic heterocycles. The molecule has 1 aromatic carbocycles. The Morgan fingerprint density at radius 1 is 0.842 bits per heavy atom. The van der Waals surface area contributed by atoms with E-state index in [0.717, 1.165) is 24.1 Å². The van der Waals surface area contributed by atoms with E-state index >= 15 is 0 Å². The summed E-state index contributed by atoms with van der Waals surface area (Å²) in [6, 6.07) is 2.71. The molecule has 8 nitrogen and oxygen atoms in total. The molecule has 0 aliphatic rings. The van der Waals surface area contributed by atoms with Gasteiger partial charge in [-0.15, -0.1) is 0 Å². The van der Waals surface area contributed by atoms with E-state index in [1.54, 1.807) is 0 Å². The molecule has 0 saturated carbocycles. The molecule has 0 fully saturated rings. The maximum absolute atomic E-state index is 11.8. The minimum atomic E-state index is -4.42. The lowest BCUT2D eigenvalue weighted by atomic mass is 10.0. The van der Waals surface area contributed by atoms with Crippen molar-refractivity contribution in [3.63, 3.8) is 0 Å². The second-order valence-electron chi connectivity index (χ2n) is 10.2. The first-order valence-electron chi connectivity index (χ1n) is 14.0. The summed E-state index contributed by atoms with van der Waals surface area (Å²) in [5.41, 5.74) is 1.58. The molecule has 1 heterocycles. The zero-order valence-electron chi connectivity index (χ0n) is 22.6. The largest absolute Gasteiger partial charge is 0.342 e. The van der Waals surface area contributed by atoms with Crippen LogP contribution in [0.2, 0.25) is 0 Å². The molecule has 11 heteroatoms. The van der Waals surface area contributed by atoms with E-state index in [0.29, 0.717) is 28.8 Å². The summed E-state index contributed by atoms with van der Waals surface area (Å²) in [5.74, 6) is 0.0796. The van der Waals surface area contributed by atoms with Gasteiger partial charge in [-0.1, -0.05) is 96.2 Å². The van der Waals surface area contributed by atoms with E-state index in [-0.39, 0.29) is 17.7 Å².